The average molecular weight is 225 g/mol. The number of rotatable bonds is 2. The van der Waals surface area contributed by atoms with E-state index in [0.29, 0.717) is 12.1 Å². The van der Waals surface area contributed by atoms with Crippen molar-refractivity contribution < 1.29 is 0 Å². The van der Waals surface area contributed by atoms with Crippen LogP contribution in [0.1, 0.15) is 20.8 Å². The van der Waals surface area contributed by atoms with Gasteiger partial charge in [0.15, 0.2) is 5.13 Å². The van der Waals surface area contributed by atoms with E-state index >= 15 is 0 Å². The van der Waals surface area contributed by atoms with Crippen LogP contribution in [-0.2, 0) is 0 Å². The van der Waals surface area contributed by atoms with Crippen LogP contribution in [0.4, 0.5) is 5.13 Å². The predicted octanol–water partition coefficient (Wildman–Crippen LogP) is 2.06. The third-order valence-electron chi connectivity index (χ3n) is 3.05. The molecule has 0 aliphatic carbocycles. The Morgan fingerprint density at radius 2 is 2.27 bits per heavy atom. The number of anilines is 1. The molecule has 0 bridgehead atoms. The van der Waals surface area contributed by atoms with Crippen molar-refractivity contribution in [3.63, 3.8) is 0 Å². The van der Waals surface area contributed by atoms with Crippen LogP contribution in [0.25, 0.3) is 0 Å². The topological polar surface area (TPSA) is 19.4 Å². The van der Waals surface area contributed by atoms with E-state index in [1.807, 2.05) is 6.20 Å². The highest BCUT2D eigenvalue weighted by Crippen LogP contribution is 2.23. The lowest BCUT2D eigenvalue weighted by Crippen LogP contribution is -2.53. The SMILES string of the molecule is CC(C)N1CCN(c2nccs2)C(C)C1. The molecule has 0 saturated carbocycles. The monoisotopic (exact) mass is 225 g/mol. The second kappa shape index (κ2) is 4.49. The number of thiazole rings is 1. The molecule has 0 spiro atoms. The van der Waals surface area contributed by atoms with E-state index < -0.39 is 0 Å². The summed E-state index contributed by atoms with van der Waals surface area (Å²) in [4.78, 5) is 9.34. The van der Waals surface area contributed by atoms with Gasteiger partial charge in [0.2, 0.25) is 0 Å². The molecule has 4 heteroatoms. The smallest absolute Gasteiger partial charge is 0.185 e. The highest BCUT2D eigenvalue weighted by atomic mass is 32.1. The maximum atomic E-state index is 4.39. The predicted molar refractivity (Wildman–Crippen MR) is 65.6 cm³/mol. The molecule has 1 unspecified atom stereocenters. The molecule has 2 rings (SSSR count). The molecule has 1 aromatic rings. The van der Waals surface area contributed by atoms with Gasteiger partial charge in [0.05, 0.1) is 0 Å². The fourth-order valence-electron chi connectivity index (χ4n) is 2.10. The molecular weight excluding hydrogens is 206 g/mol. The minimum atomic E-state index is 0.576. The summed E-state index contributed by atoms with van der Waals surface area (Å²) >= 11 is 1.74. The van der Waals surface area contributed by atoms with Crippen molar-refractivity contribution in [2.75, 3.05) is 24.5 Å². The molecule has 0 N–H and O–H groups in total. The Bertz CT molecular complexity index is 297. The molecule has 1 aliphatic rings. The first-order valence-corrected chi connectivity index (χ1v) is 6.46. The second-order valence-corrected chi connectivity index (χ2v) is 5.32. The fraction of sp³-hybridized carbons (Fsp3) is 0.727. The highest BCUT2D eigenvalue weighted by molar-refractivity contribution is 7.13. The van der Waals surface area contributed by atoms with E-state index in [0.717, 1.165) is 19.6 Å². The van der Waals surface area contributed by atoms with E-state index in [-0.39, 0.29) is 0 Å². The van der Waals surface area contributed by atoms with Crippen LogP contribution in [0.15, 0.2) is 11.6 Å². The van der Waals surface area contributed by atoms with Crippen molar-refractivity contribution in [1.29, 1.82) is 0 Å². The minimum Gasteiger partial charge on any atom is -0.343 e. The summed E-state index contributed by atoms with van der Waals surface area (Å²) < 4.78 is 0. The molecule has 1 aliphatic heterocycles. The van der Waals surface area contributed by atoms with Gasteiger partial charge in [-0.3, -0.25) is 4.90 Å². The molecule has 15 heavy (non-hydrogen) atoms. The molecule has 1 atom stereocenters. The minimum absolute atomic E-state index is 0.576. The lowest BCUT2D eigenvalue weighted by atomic mass is 10.1. The zero-order valence-electron chi connectivity index (χ0n) is 9.68. The van der Waals surface area contributed by atoms with Crippen LogP contribution in [0.2, 0.25) is 0 Å². The first-order valence-electron chi connectivity index (χ1n) is 5.58. The number of hydrogen-bond acceptors (Lipinski definition) is 4. The Hall–Kier alpha value is -0.610. The fourth-order valence-corrected chi connectivity index (χ4v) is 2.87. The summed E-state index contributed by atoms with van der Waals surface area (Å²) in [5.74, 6) is 0. The van der Waals surface area contributed by atoms with E-state index in [2.05, 4.69) is 40.9 Å². The number of nitrogens with zero attached hydrogens (tertiary/aromatic N) is 3. The van der Waals surface area contributed by atoms with Crippen LogP contribution in [0, 0.1) is 0 Å². The number of aromatic nitrogens is 1. The molecular formula is C11H19N3S. The summed E-state index contributed by atoms with van der Waals surface area (Å²) in [5.41, 5.74) is 0. The van der Waals surface area contributed by atoms with Gasteiger partial charge in [-0.1, -0.05) is 0 Å². The Balaban J connectivity index is 2.01. The Kier molecular flexibility index (Phi) is 3.26. The van der Waals surface area contributed by atoms with Crippen molar-refractivity contribution >= 4 is 16.5 Å². The summed E-state index contributed by atoms with van der Waals surface area (Å²) in [6.07, 6.45) is 1.89. The third-order valence-corrected chi connectivity index (χ3v) is 3.86. The molecule has 84 valence electrons. The zero-order valence-corrected chi connectivity index (χ0v) is 10.5. The van der Waals surface area contributed by atoms with Gasteiger partial charge in [-0.15, -0.1) is 11.3 Å². The molecule has 0 aromatic carbocycles. The zero-order chi connectivity index (χ0) is 10.8. The van der Waals surface area contributed by atoms with E-state index in [1.165, 1.54) is 5.13 Å². The van der Waals surface area contributed by atoms with E-state index in [1.54, 1.807) is 11.3 Å². The Morgan fingerprint density at radius 1 is 1.47 bits per heavy atom. The molecule has 1 saturated heterocycles. The average Bonchev–Trinajstić information content (AvgIpc) is 2.70. The summed E-state index contributed by atoms with van der Waals surface area (Å²) in [7, 11) is 0. The van der Waals surface area contributed by atoms with E-state index in [4.69, 9.17) is 0 Å². The highest BCUT2D eigenvalue weighted by Gasteiger charge is 2.26. The molecule has 0 radical (unpaired) electrons. The lowest BCUT2D eigenvalue weighted by Gasteiger charge is -2.41. The first-order chi connectivity index (χ1) is 7.18. The molecule has 0 amide bonds. The second-order valence-electron chi connectivity index (χ2n) is 4.45. The standard InChI is InChI=1S/C11H19N3S/c1-9(2)13-5-6-14(10(3)8-13)11-12-4-7-15-11/h4,7,9-10H,5-6,8H2,1-3H3. The summed E-state index contributed by atoms with van der Waals surface area (Å²) in [6, 6.07) is 1.23. The van der Waals surface area contributed by atoms with Crippen LogP contribution in [0.5, 0.6) is 0 Å². The Labute approximate surface area is 95.7 Å². The maximum Gasteiger partial charge on any atom is 0.185 e. The van der Waals surface area contributed by atoms with Gasteiger partial charge in [0, 0.05) is 43.3 Å². The van der Waals surface area contributed by atoms with Crippen molar-refractivity contribution in [2.24, 2.45) is 0 Å². The van der Waals surface area contributed by atoms with Crippen molar-refractivity contribution in [3.05, 3.63) is 11.6 Å². The first kappa shape index (κ1) is 10.9. The number of hydrogen-bond donors (Lipinski definition) is 0. The van der Waals surface area contributed by atoms with Crippen molar-refractivity contribution in [1.82, 2.24) is 9.88 Å². The van der Waals surface area contributed by atoms with Gasteiger partial charge < -0.3 is 4.90 Å². The lowest BCUT2D eigenvalue weighted by molar-refractivity contribution is 0.185. The van der Waals surface area contributed by atoms with Gasteiger partial charge in [-0.25, -0.2) is 4.98 Å². The third kappa shape index (κ3) is 2.32. The van der Waals surface area contributed by atoms with Crippen LogP contribution in [0.3, 0.4) is 0 Å². The quantitative estimate of drug-likeness (QED) is 0.768. The van der Waals surface area contributed by atoms with Gasteiger partial charge in [0.25, 0.3) is 0 Å². The molecule has 1 fully saturated rings. The van der Waals surface area contributed by atoms with Crippen molar-refractivity contribution in [3.8, 4) is 0 Å². The Morgan fingerprint density at radius 3 is 2.80 bits per heavy atom. The van der Waals surface area contributed by atoms with Crippen LogP contribution in [-0.4, -0.2) is 41.6 Å². The largest absolute Gasteiger partial charge is 0.343 e. The van der Waals surface area contributed by atoms with E-state index in [9.17, 15) is 0 Å². The number of piperazine rings is 1. The summed E-state index contributed by atoms with van der Waals surface area (Å²) in [5, 5.41) is 3.22. The normalized spacial score (nSPS) is 23.7. The van der Waals surface area contributed by atoms with Gasteiger partial charge in [0.1, 0.15) is 0 Å². The van der Waals surface area contributed by atoms with Crippen molar-refractivity contribution in [2.45, 2.75) is 32.9 Å². The molecule has 2 heterocycles. The maximum absolute atomic E-state index is 4.39. The van der Waals surface area contributed by atoms with Crippen LogP contribution >= 0.6 is 11.3 Å². The van der Waals surface area contributed by atoms with Gasteiger partial charge in [-0.05, 0) is 20.8 Å². The molecule has 3 nitrogen and oxygen atoms in total. The summed E-state index contributed by atoms with van der Waals surface area (Å²) in [6.45, 7) is 10.2. The van der Waals surface area contributed by atoms with Crippen LogP contribution < -0.4 is 4.90 Å². The van der Waals surface area contributed by atoms with Gasteiger partial charge >= 0.3 is 0 Å². The molecule has 1 aromatic heterocycles. The van der Waals surface area contributed by atoms with Gasteiger partial charge in [-0.2, -0.15) is 0 Å².